The third-order valence-corrected chi connectivity index (χ3v) is 4.75. The van der Waals surface area contributed by atoms with Crippen LogP contribution in [0.25, 0.3) is 11.3 Å². The van der Waals surface area contributed by atoms with Gasteiger partial charge in [0.1, 0.15) is 0 Å². The van der Waals surface area contributed by atoms with Crippen molar-refractivity contribution in [2.24, 2.45) is 0 Å². The molecule has 0 atom stereocenters. The van der Waals surface area contributed by atoms with Crippen LogP contribution in [0.3, 0.4) is 0 Å². The number of anilines is 1. The van der Waals surface area contributed by atoms with E-state index in [2.05, 4.69) is 15.3 Å². The Labute approximate surface area is 168 Å². The zero-order valence-corrected chi connectivity index (χ0v) is 16.7. The largest absolute Gasteiger partial charge is 0.493 e. The number of hydrogen-bond donors (Lipinski definition) is 1. The van der Waals surface area contributed by atoms with E-state index in [4.69, 9.17) is 9.47 Å². The highest BCUT2D eigenvalue weighted by atomic mass is 32.2. The number of rotatable bonds is 7. The molecule has 0 aliphatic rings. The van der Waals surface area contributed by atoms with Gasteiger partial charge in [0, 0.05) is 23.0 Å². The minimum absolute atomic E-state index is 0.149. The number of carbonyl (C=O) groups excluding carboxylic acids is 1. The lowest BCUT2D eigenvalue weighted by Crippen LogP contribution is -2.14. The average molecular weight is 395 g/mol. The van der Waals surface area contributed by atoms with Crippen LogP contribution in [-0.2, 0) is 4.79 Å². The molecule has 2 aromatic carbocycles. The van der Waals surface area contributed by atoms with E-state index in [1.807, 2.05) is 43.3 Å². The van der Waals surface area contributed by atoms with E-state index in [1.165, 1.54) is 11.8 Å². The Kier molecular flexibility index (Phi) is 6.49. The number of thioether (sulfide) groups is 1. The maximum atomic E-state index is 12.3. The van der Waals surface area contributed by atoms with Gasteiger partial charge in [-0.05, 0) is 25.1 Å². The molecule has 6 nitrogen and oxygen atoms in total. The Bertz CT molecular complexity index is 964. The summed E-state index contributed by atoms with van der Waals surface area (Å²) in [5, 5.41) is 3.42. The summed E-state index contributed by atoms with van der Waals surface area (Å²) >= 11 is 1.30. The van der Waals surface area contributed by atoms with E-state index in [-0.39, 0.29) is 11.7 Å². The average Bonchev–Trinajstić information content (AvgIpc) is 2.72. The summed E-state index contributed by atoms with van der Waals surface area (Å²) in [7, 11) is 3.12. The lowest BCUT2D eigenvalue weighted by atomic mass is 10.1. The van der Waals surface area contributed by atoms with E-state index in [9.17, 15) is 4.79 Å². The van der Waals surface area contributed by atoms with Crippen LogP contribution in [0.4, 0.5) is 5.69 Å². The summed E-state index contributed by atoms with van der Waals surface area (Å²) in [6.07, 6.45) is 0. The van der Waals surface area contributed by atoms with E-state index < -0.39 is 0 Å². The molecule has 0 fully saturated rings. The molecule has 1 heterocycles. The number of aromatic nitrogens is 2. The highest BCUT2D eigenvalue weighted by Crippen LogP contribution is 2.30. The molecule has 0 spiro atoms. The number of nitrogens with one attached hydrogen (secondary N) is 1. The summed E-state index contributed by atoms with van der Waals surface area (Å²) in [5.41, 5.74) is 3.36. The van der Waals surface area contributed by atoms with Gasteiger partial charge in [-0.1, -0.05) is 42.1 Å². The van der Waals surface area contributed by atoms with Crippen molar-refractivity contribution in [2.45, 2.75) is 12.1 Å². The van der Waals surface area contributed by atoms with Gasteiger partial charge in [-0.25, -0.2) is 9.97 Å². The van der Waals surface area contributed by atoms with Crippen LogP contribution in [0.2, 0.25) is 0 Å². The number of nitrogens with zero attached hydrogens (tertiary/aromatic N) is 2. The lowest BCUT2D eigenvalue weighted by Gasteiger charge is -2.10. The summed E-state index contributed by atoms with van der Waals surface area (Å²) in [6.45, 7) is 1.92. The van der Waals surface area contributed by atoms with Crippen molar-refractivity contribution in [1.29, 1.82) is 0 Å². The summed E-state index contributed by atoms with van der Waals surface area (Å²) in [4.78, 5) is 21.3. The molecule has 3 rings (SSSR count). The third kappa shape index (κ3) is 5.01. The van der Waals surface area contributed by atoms with E-state index in [1.54, 1.807) is 32.4 Å². The van der Waals surface area contributed by atoms with Gasteiger partial charge in [-0.2, -0.15) is 0 Å². The first kappa shape index (κ1) is 19.7. The molecule has 7 heteroatoms. The fourth-order valence-corrected chi connectivity index (χ4v) is 3.31. The van der Waals surface area contributed by atoms with Gasteiger partial charge in [-0.15, -0.1) is 0 Å². The van der Waals surface area contributed by atoms with Crippen LogP contribution in [0.1, 0.15) is 5.69 Å². The van der Waals surface area contributed by atoms with Crippen molar-refractivity contribution in [3.63, 3.8) is 0 Å². The molecule has 0 aliphatic heterocycles. The molecule has 0 bridgehead atoms. The monoisotopic (exact) mass is 395 g/mol. The molecule has 0 aliphatic carbocycles. The number of benzene rings is 2. The first-order valence-electron chi connectivity index (χ1n) is 8.65. The molecular weight excluding hydrogens is 374 g/mol. The van der Waals surface area contributed by atoms with Crippen LogP contribution in [0, 0.1) is 6.92 Å². The number of amides is 1. The van der Waals surface area contributed by atoms with Crippen LogP contribution in [0.15, 0.2) is 59.8 Å². The summed E-state index contributed by atoms with van der Waals surface area (Å²) < 4.78 is 10.5. The minimum Gasteiger partial charge on any atom is -0.493 e. The van der Waals surface area contributed by atoms with Gasteiger partial charge >= 0.3 is 0 Å². The molecule has 0 saturated carbocycles. The first-order chi connectivity index (χ1) is 13.6. The zero-order chi connectivity index (χ0) is 19.9. The predicted molar refractivity (Wildman–Crippen MR) is 111 cm³/mol. The topological polar surface area (TPSA) is 73.3 Å². The molecule has 0 saturated heterocycles. The second kappa shape index (κ2) is 9.23. The zero-order valence-electron chi connectivity index (χ0n) is 15.9. The van der Waals surface area contributed by atoms with Crippen LogP contribution >= 0.6 is 11.8 Å². The Morgan fingerprint density at radius 1 is 1.00 bits per heavy atom. The van der Waals surface area contributed by atoms with Crippen LogP contribution < -0.4 is 14.8 Å². The van der Waals surface area contributed by atoms with Crippen molar-refractivity contribution in [2.75, 3.05) is 25.3 Å². The van der Waals surface area contributed by atoms with Crippen molar-refractivity contribution >= 4 is 23.4 Å². The molecular formula is C21H21N3O3S. The Balaban J connectivity index is 1.66. The number of methoxy groups -OCH3 is 2. The van der Waals surface area contributed by atoms with Crippen molar-refractivity contribution in [3.8, 4) is 22.8 Å². The van der Waals surface area contributed by atoms with E-state index in [0.29, 0.717) is 22.3 Å². The Hall–Kier alpha value is -3.06. The van der Waals surface area contributed by atoms with Gasteiger partial charge < -0.3 is 14.8 Å². The van der Waals surface area contributed by atoms with Crippen molar-refractivity contribution < 1.29 is 14.3 Å². The normalized spacial score (nSPS) is 10.4. The molecule has 1 amide bonds. The second-order valence-corrected chi connectivity index (χ2v) is 6.89. The maximum absolute atomic E-state index is 12.3. The molecule has 0 radical (unpaired) electrons. The highest BCUT2D eigenvalue weighted by Gasteiger charge is 2.10. The molecule has 3 aromatic rings. The lowest BCUT2D eigenvalue weighted by molar-refractivity contribution is -0.113. The SMILES string of the molecule is COc1ccc(NC(=O)CSc2nc(C)cc(-c3ccccc3)n2)cc1OC. The smallest absolute Gasteiger partial charge is 0.234 e. The van der Waals surface area contributed by atoms with Crippen LogP contribution in [-0.4, -0.2) is 35.8 Å². The Morgan fingerprint density at radius 3 is 2.46 bits per heavy atom. The molecule has 28 heavy (non-hydrogen) atoms. The van der Waals surface area contributed by atoms with E-state index in [0.717, 1.165) is 17.0 Å². The van der Waals surface area contributed by atoms with Crippen LogP contribution in [0.5, 0.6) is 11.5 Å². The van der Waals surface area contributed by atoms with Gasteiger partial charge in [-0.3, -0.25) is 4.79 Å². The minimum atomic E-state index is -0.149. The van der Waals surface area contributed by atoms with Gasteiger partial charge in [0.2, 0.25) is 5.91 Å². The molecule has 1 N–H and O–H groups in total. The number of carbonyl (C=O) groups is 1. The maximum Gasteiger partial charge on any atom is 0.234 e. The molecule has 0 unspecified atom stereocenters. The van der Waals surface area contributed by atoms with Gasteiger partial charge in [0.05, 0.1) is 25.7 Å². The van der Waals surface area contributed by atoms with E-state index >= 15 is 0 Å². The van der Waals surface area contributed by atoms with Gasteiger partial charge in [0.15, 0.2) is 16.7 Å². The summed E-state index contributed by atoms with van der Waals surface area (Å²) in [6, 6.07) is 17.1. The number of hydrogen-bond acceptors (Lipinski definition) is 6. The van der Waals surface area contributed by atoms with Gasteiger partial charge in [0.25, 0.3) is 0 Å². The fraction of sp³-hybridized carbons (Fsp3) is 0.190. The fourth-order valence-electron chi connectivity index (χ4n) is 2.60. The molecule has 1 aromatic heterocycles. The highest BCUT2D eigenvalue weighted by molar-refractivity contribution is 7.99. The van der Waals surface area contributed by atoms with Crippen molar-refractivity contribution in [3.05, 3.63) is 60.3 Å². The third-order valence-electron chi connectivity index (χ3n) is 3.90. The molecule has 144 valence electrons. The number of aryl methyl sites for hydroxylation is 1. The van der Waals surface area contributed by atoms with Crippen molar-refractivity contribution in [1.82, 2.24) is 9.97 Å². The quantitative estimate of drug-likeness (QED) is 0.477. The predicted octanol–water partition coefficient (Wildman–Crippen LogP) is 4.20. The summed E-state index contributed by atoms with van der Waals surface area (Å²) in [5.74, 6) is 1.22. The standard InChI is InChI=1S/C21H21N3O3S/c1-14-11-17(15-7-5-4-6-8-15)24-21(22-14)28-13-20(25)23-16-9-10-18(26-2)19(12-16)27-3/h4-12H,13H2,1-3H3,(H,23,25). The second-order valence-electron chi connectivity index (χ2n) is 5.95. The first-order valence-corrected chi connectivity index (χ1v) is 9.63. The Morgan fingerprint density at radius 2 is 1.75 bits per heavy atom. The number of ether oxygens (including phenoxy) is 2.